The van der Waals surface area contributed by atoms with E-state index in [1.165, 1.54) is 0 Å². The van der Waals surface area contributed by atoms with Crippen LogP contribution in [0.5, 0.6) is 0 Å². The van der Waals surface area contributed by atoms with E-state index in [4.69, 9.17) is 0 Å². The van der Waals surface area contributed by atoms with E-state index in [0.717, 1.165) is 18.5 Å². The molecule has 2 heterocycles. The molecule has 0 aromatic carbocycles. The Kier molecular flexibility index (Phi) is 5.49. The fourth-order valence-electron chi connectivity index (χ4n) is 2.93. The van der Waals surface area contributed by atoms with E-state index in [0.29, 0.717) is 12.0 Å². The summed E-state index contributed by atoms with van der Waals surface area (Å²) in [5.74, 6) is 0.301. The number of nitrogens with one attached hydrogen (secondary N) is 1. The van der Waals surface area contributed by atoms with Gasteiger partial charge in [-0.2, -0.15) is 5.10 Å². The van der Waals surface area contributed by atoms with Gasteiger partial charge in [0.15, 0.2) is 9.84 Å². The van der Waals surface area contributed by atoms with Crippen molar-refractivity contribution in [3.8, 4) is 0 Å². The van der Waals surface area contributed by atoms with Crippen LogP contribution in [-0.2, 0) is 9.84 Å². The van der Waals surface area contributed by atoms with Crippen molar-refractivity contribution in [2.24, 2.45) is 0 Å². The van der Waals surface area contributed by atoms with Gasteiger partial charge in [-0.25, -0.2) is 8.42 Å². The molecule has 1 saturated heterocycles. The van der Waals surface area contributed by atoms with Gasteiger partial charge in [-0.15, -0.1) is 0 Å². The van der Waals surface area contributed by atoms with Crippen molar-refractivity contribution >= 4 is 15.7 Å². The first-order valence-electron chi connectivity index (χ1n) is 8.37. The Balaban J connectivity index is 2.27. The van der Waals surface area contributed by atoms with Crippen LogP contribution in [0, 0.1) is 0 Å². The second-order valence-corrected chi connectivity index (χ2v) is 8.84. The summed E-state index contributed by atoms with van der Waals surface area (Å²) in [6, 6.07) is -0.00934. The molecule has 1 atom stereocenters. The van der Waals surface area contributed by atoms with E-state index >= 15 is 0 Å². The molecule has 7 heteroatoms. The van der Waals surface area contributed by atoms with Gasteiger partial charge in [-0.3, -0.25) is 9.48 Å². The summed E-state index contributed by atoms with van der Waals surface area (Å²) in [5, 5.41) is 7.57. The van der Waals surface area contributed by atoms with Crippen LogP contribution in [0.3, 0.4) is 0 Å². The summed E-state index contributed by atoms with van der Waals surface area (Å²) >= 11 is 0. The molecule has 0 bridgehead atoms. The molecule has 1 amide bonds. The monoisotopic (exact) mass is 341 g/mol. The summed E-state index contributed by atoms with van der Waals surface area (Å²) in [6.45, 7) is 8.08. The number of amides is 1. The highest BCUT2D eigenvalue weighted by Crippen LogP contribution is 2.26. The molecule has 0 saturated carbocycles. The molecule has 0 spiro atoms. The van der Waals surface area contributed by atoms with Crippen molar-refractivity contribution < 1.29 is 13.2 Å². The minimum Gasteiger partial charge on any atom is -0.349 e. The van der Waals surface area contributed by atoms with Crippen LogP contribution < -0.4 is 5.32 Å². The number of rotatable bonds is 6. The van der Waals surface area contributed by atoms with Gasteiger partial charge >= 0.3 is 0 Å². The van der Waals surface area contributed by atoms with Gasteiger partial charge in [0.1, 0.15) is 0 Å². The molecule has 2 rings (SSSR count). The maximum absolute atomic E-state index is 12.6. The Morgan fingerprint density at radius 1 is 1.39 bits per heavy atom. The predicted molar refractivity (Wildman–Crippen MR) is 90.5 cm³/mol. The van der Waals surface area contributed by atoms with Crippen LogP contribution in [0.25, 0.3) is 0 Å². The van der Waals surface area contributed by atoms with Crippen molar-refractivity contribution in [1.29, 1.82) is 0 Å². The van der Waals surface area contributed by atoms with Gasteiger partial charge in [0.05, 0.1) is 28.8 Å². The number of nitrogens with zero attached hydrogens (tertiary/aromatic N) is 2. The van der Waals surface area contributed by atoms with Gasteiger partial charge in [0, 0.05) is 12.2 Å². The highest BCUT2D eigenvalue weighted by molar-refractivity contribution is 7.91. The zero-order valence-corrected chi connectivity index (χ0v) is 15.2. The molecular weight excluding hydrogens is 314 g/mol. The summed E-state index contributed by atoms with van der Waals surface area (Å²) < 4.78 is 25.0. The molecule has 23 heavy (non-hydrogen) atoms. The molecule has 1 aliphatic heterocycles. The van der Waals surface area contributed by atoms with Crippen LogP contribution in [-0.4, -0.2) is 41.7 Å². The molecule has 1 aromatic rings. The van der Waals surface area contributed by atoms with Crippen LogP contribution in [0.15, 0.2) is 6.20 Å². The first-order valence-corrected chi connectivity index (χ1v) is 10.2. The highest BCUT2D eigenvalue weighted by Gasteiger charge is 2.31. The lowest BCUT2D eigenvalue weighted by Crippen LogP contribution is -2.34. The standard InChI is InChI=1S/C16H27N3O3S/c1-5-12(6-2)17-16(20)14-9-19(18-15(14)11(3)4)13-7-8-23(21,22)10-13/h9,11-13H,5-8,10H2,1-4H3,(H,17,20)/t13-/m1/s1. The summed E-state index contributed by atoms with van der Waals surface area (Å²) in [7, 11) is -2.98. The van der Waals surface area contributed by atoms with E-state index in [-0.39, 0.29) is 35.4 Å². The fraction of sp³-hybridized carbons (Fsp3) is 0.750. The summed E-state index contributed by atoms with van der Waals surface area (Å²) in [4.78, 5) is 12.6. The molecule has 1 N–H and O–H groups in total. The Morgan fingerprint density at radius 3 is 2.52 bits per heavy atom. The number of hydrogen-bond donors (Lipinski definition) is 1. The smallest absolute Gasteiger partial charge is 0.254 e. The highest BCUT2D eigenvalue weighted by atomic mass is 32.2. The van der Waals surface area contributed by atoms with Crippen LogP contribution in [0.4, 0.5) is 0 Å². The quantitative estimate of drug-likeness (QED) is 0.861. The lowest BCUT2D eigenvalue weighted by Gasteiger charge is -2.14. The van der Waals surface area contributed by atoms with E-state index in [1.807, 2.05) is 27.7 Å². The van der Waals surface area contributed by atoms with Gasteiger partial charge in [0.2, 0.25) is 0 Å². The third kappa shape index (κ3) is 4.13. The largest absolute Gasteiger partial charge is 0.349 e. The van der Waals surface area contributed by atoms with Crippen molar-refractivity contribution in [1.82, 2.24) is 15.1 Å². The predicted octanol–water partition coefficient (Wildman–Crippen LogP) is 2.28. The van der Waals surface area contributed by atoms with Crippen molar-refractivity contribution in [3.63, 3.8) is 0 Å². The van der Waals surface area contributed by atoms with Crippen LogP contribution in [0.2, 0.25) is 0 Å². The van der Waals surface area contributed by atoms with Gasteiger partial charge < -0.3 is 5.32 Å². The van der Waals surface area contributed by atoms with E-state index in [1.54, 1.807) is 10.9 Å². The third-order valence-electron chi connectivity index (χ3n) is 4.46. The summed E-state index contributed by atoms with van der Waals surface area (Å²) in [6.07, 6.45) is 4.05. The zero-order chi connectivity index (χ0) is 17.2. The molecule has 130 valence electrons. The maximum Gasteiger partial charge on any atom is 0.254 e. The van der Waals surface area contributed by atoms with Crippen molar-refractivity contribution in [2.75, 3.05) is 11.5 Å². The first-order chi connectivity index (χ1) is 10.8. The Labute approximate surface area is 138 Å². The van der Waals surface area contributed by atoms with Crippen molar-refractivity contribution in [2.45, 2.75) is 65.0 Å². The average Bonchev–Trinajstić information content (AvgIpc) is 3.07. The van der Waals surface area contributed by atoms with E-state index in [9.17, 15) is 13.2 Å². The second kappa shape index (κ2) is 7.03. The summed E-state index contributed by atoms with van der Waals surface area (Å²) in [5.41, 5.74) is 1.30. The fourth-order valence-corrected chi connectivity index (χ4v) is 4.64. The second-order valence-electron chi connectivity index (χ2n) is 6.61. The van der Waals surface area contributed by atoms with Gasteiger partial charge in [-0.1, -0.05) is 27.7 Å². The lowest BCUT2D eigenvalue weighted by molar-refractivity contribution is 0.0933. The number of carbonyl (C=O) groups excluding carboxylic acids is 1. The lowest BCUT2D eigenvalue weighted by atomic mass is 10.1. The number of hydrogen-bond acceptors (Lipinski definition) is 4. The Morgan fingerprint density at radius 2 is 2.04 bits per heavy atom. The normalized spacial score (nSPS) is 20.3. The third-order valence-corrected chi connectivity index (χ3v) is 6.21. The minimum absolute atomic E-state index is 0.108. The number of sulfone groups is 1. The molecule has 1 aromatic heterocycles. The number of carbonyl (C=O) groups is 1. The van der Waals surface area contributed by atoms with Crippen LogP contribution in [0.1, 0.15) is 75.0 Å². The van der Waals surface area contributed by atoms with E-state index < -0.39 is 9.84 Å². The van der Waals surface area contributed by atoms with Crippen LogP contribution >= 0.6 is 0 Å². The Bertz CT molecular complexity index is 660. The number of aromatic nitrogens is 2. The molecule has 0 unspecified atom stereocenters. The first kappa shape index (κ1) is 18.0. The van der Waals surface area contributed by atoms with E-state index in [2.05, 4.69) is 10.4 Å². The molecule has 6 nitrogen and oxygen atoms in total. The van der Waals surface area contributed by atoms with Gasteiger partial charge in [-0.05, 0) is 25.2 Å². The molecule has 1 fully saturated rings. The molecular formula is C16H27N3O3S. The Hall–Kier alpha value is -1.37. The maximum atomic E-state index is 12.6. The SMILES string of the molecule is CCC(CC)NC(=O)c1cn([C@@H]2CCS(=O)(=O)C2)nc1C(C)C. The zero-order valence-electron chi connectivity index (χ0n) is 14.4. The molecule has 0 aliphatic carbocycles. The minimum atomic E-state index is -2.98. The van der Waals surface area contributed by atoms with Gasteiger partial charge in [0.25, 0.3) is 5.91 Å². The molecule has 0 radical (unpaired) electrons. The van der Waals surface area contributed by atoms with Crippen molar-refractivity contribution in [3.05, 3.63) is 17.5 Å². The molecule has 1 aliphatic rings. The topological polar surface area (TPSA) is 81.1 Å². The average molecular weight is 341 g/mol.